The molecule has 1 amide bonds. The molecule has 126 valence electrons. The van der Waals surface area contributed by atoms with E-state index >= 15 is 0 Å². The molecule has 0 radical (unpaired) electrons. The number of carboxylic acid groups (broad SMARTS) is 1. The van der Waals surface area contributed by atoms with Crippen molar-refractivity contribution in [2.75, 3.05) is 6.54 Å². The summed E-state index contributed by atoms with van der Waals surface area (Å²) in [6.07, 6.45) is 0.294. The van der Waals surface area contributed by atoms with Crippen LogP contribution in [0.1, 0.15) is 20.8 Å². The zero-order valence-corrected chi connectivity index (χ0v) is 13.7. The predicted molar refractivity (Wildman–Crippen MR) is 89.3 cm³/mol. The molecule has 8 heteroatoms. The van der Waals surface area contributed by atoms with E-state index in [9.17, 15) is 24.8 Å². The lowest BCUT2D eigenvalue weighted by Gasteiger charge is -2.13. The third-order valence-corrected chi connectivity index (χ3v) is 4.45. The topological polar surface area (TPSA) is 110 Å². The molecule has 0 spiro atoms. The van der Waals surface area contributed by atoms with Gasteiger partial charge in [0, 0.05) is 12.6 Å². The van der Waals surface area contributed by atoms with Gasteiger partial charge in [-0.15, -0.1) is 0 Å². The lowest BCUT2D eigenvalue weighted by atomic mass is 9.98. The van der Waals surface area contributed by atoms with Crippen LogP contribution in [0.15, 0.2) is 36.4 Å². The van der Waals surface area contributed by atoms with Crippen molar-refractivity contribution < 1.29 is 19.6 Å². The van der Waals surface area contributed by atoms with Gasteiger partial charge < -0.3 is 10.4 Å². The van der Waals surface area contributed by atoms with E-state index < -0.39 is 22.7 Å². The van der Waals surface area contributed by atoms with Crippen LogP contribution in [0.25, 0.3) is 0 Å². The summed E-state index contributed by atoms with van der Waals surface area (Å²) in [5.74, 6) is -2.29. The van der Waals surface area contributed by atoms with Crippen LogP contribution in [0.4, 0.5) is 5.00 Å². The maximum atomic E-state index is 12.0. The Morgan fingerprint density at radius 3 is 2.67 bits per heavy atom. The Labute approximate surface area is 142 Å². The second-order valence-electron chi connectivity index (χ2n) is 5.33. The zero-order chi connectivity index (χ0) is 17.7. The first-order valence-corrected chi connectivity index (χ1v) is 7.99. The fraction of sp³-hybridized carbons (Fsp3) is 0.250. The van der Waals surface area contributed by atoms with E-state index in [0.29, 0.717) is 6.42 Å². The number of thiophene rings is 1. The van der Waals surface area contributed by atoms with Crippen LogP contribution in [0.5, 0.6) is 0 Å². The summed E-state index contributed by atoms with van der Waals surface area (Å²) in [5, 5.41) is 22.4. The molecule has 1 aromatic carbocycles. The summed E-state index contributed by atoms with van der Waals surface area (Å²) in [4.78, 5) is 33.6. The van der Waals surface area contributed by atoms with Crippen molar-refractivity contribution in [2.24, 2.45) is 5.92 Å². The number of hydrogen-bond acceptors (Lipinski definition) is 5. The number of carbonyl (C=O) groups is 2. The standard InChI is InChI=1S/C16H16N2O5S/c1-10-3-2-4-11(7-10)8-12(16(20)21)9-17-15(19)13-5-6-14(24-13)18(22)23/h2-7,12H,8-9H2,1H3,(H,17,19)(H,20,21). The minimum atomic E-state index is -1.01. The van der Waals surface area contributed by atoms with E-state index in [-0.39, 0.29) is 16.4 Å². The molecule has 1 atom stereocenters. The predicted octanol–water partition coefficient (Wildman–Crippen LogP) is 2.64. The highest BCUT2D eigenvalue weighted by Crippen LogP contribution is 2.23. The van der Waals surface area contributed by atoms with E-state index in [1.807, 2.05) is 31.2 Å². The number of benzene rings is 1. The highest BCUT2D eigenvalue weighted by Gasteiger charge is 2.21. The van der Waals surface area contributed by atoms with Crippen LogP contribution in [0, 0.1) is 23.0 Å². The number of aliphatic carboxylic acids is 1. The maximum absolute atomic E-state index is 12.0. The van der Waals surface area contributed by atoms with Gasteiger partial charge in [-0.1, -0.05) is 41.2 Å². The molecule has 0 bridgehead atoms. The van der Waals surface area contributed by atoms with E-state index in [1.165, 1.54) is 12.1 Å². The number of carbonyl (C=O) groups excluding carboxylic acids is 1. The van der Waals surface area contributed by atoms with Crippen molar-refractivity contribution in [3.8, 4) is 0 Å². The number of nitrogens with zero attached hydrogens (tertiary/aromatic N) is 1. The first-order chi connectivity index (χ1) is 11.4. The van der Waals surface area contributed by atoms with Crippen molar-refractivity contribution in [1.29, 1.82) is 0 Å². The molecule has 0 saturated heterocycles. The molecule has 2 aromatic rings. The average molecular weight is 348 g/mol. The molecular formula is C16H16N2O5S. The third kappa shape index (κ3) is 4.63. The Balaban J connectivity index is 1.99. The van der Waals surface area contributed by atoms with Gasteiger partial charge in [0.15, 0.2) is 0 Å². The number of nitrogens with one attached hydrogen (secondary N) is 1. The summed E-state index contributed by atoms with van der Waals surface area (Å²) in [6.45, 7) is 1.87. The van der Waals surface area contributed by atoms with E-state index in [0.717, 1.165) is 22.5 Å². The Morgan fingerprint density at radius 2 is 2.08 bits per heavy atom. The second-order valence-corrected chi connectivity index (χ2v) is 6.40. The molecule has 1 aromatic heterocycles. The average Bonchev–Trinajstić information content (AvgIpc) is 3.01. The van der Waals surface area contributed by atoms with E-state index in [2.05, 4.69) is 5.32 Å². The van der Waals surface area contributed by atoms with Crippen LogP contribution in [-0.2, 0) is 11.2 Å². The normalized spacial score (nSPS) is 11.7. The van der Waals surface area contributed by atoms with Gasteiger partial charge in [-0.3, -0.25) is 19.7 Å². The molecule has 0 aliphatic rings. The lowest BCUT2D eigenvalue weighted by molar-refractivity contribution is -0.380. The molecule has 2 N–H and O–H groups in total. The van der Waals surface area contributed by atoms with Crippen molar-refractivity contribution >= 4 is 28.2 Å². The molecule has 0 aliphatic heterocycles. The van der Waals surface area contributed by atoms with Crippen LogP contribution >= 0.6 is 11.3 Å². The van der Waals surface area contributed by atoms with Gasteiger partial charge in [0.05, 0.1) is 15.7 Å². The van der Waals surface area contributed by atoms with Crippen LogP contribution < -0.4 is 5.32 Å². The lowest BCUT2D eigenvalue weighted by Crippen LogP contribution is -2.33. The molecule has 1 unspecified atom stereocenters. The molecule has 1 heterocycles. The highest BCUT2D eigenvalue weighted by atomic mass is 32.1. The largest absolute Gasteiger partial charge is 0.481 e. The van der Waals surface area contributed by atoms with Gasteiger partial charge in [-0.05, 0) is 25.0 Å². The summed E-state index contributed by atoms with van der Waals surface area (Å²) < 4.78 is 0. The van der Waals surface area contributed by atoms with Gasteiger partial charge in [-0.25, -0.2) is 0 Å². The highest BCUT2D eigenvalue weighted by molar-refractivity contribution is 7.17. The van der Waals surface area contributed by atoms with E-state index in [4.69, 9.17) is 0 Å². The van der Waals surface area contributed by atoms with Gasteiger partial charge in [-0.2, -0.15) is 0 Å². The van der Waals surface area contributed by atoms with Crippen LogP contribution in [0.3, 0.4) is 0 Å². The summed E-state index contributed by atoms with van der Waals surface area (Å²) in [7, 11) is 0. The fourth-order valence-corrected chi connectivity index (χ4v) is 2.96. The molecule has 2 rings (SSSR count). The van der Waals surface area contributed by atoms with Crippen molar-refractivity contribution in [3.63, 3.8) is 0 Å². The van der Waals surface area contributed by atoms with Gasteiger partial charge in [0.1, 0.15) is 0 Å². The number of amides is 1. The van der Waals surface area contributed by atoms with Crippen LogP contribution in [-0.4, -0.2) is 28.5 Å². The van der Waals surface area contributed by atoms with E-state index in [1.54, 1.807) is 0 Å². The SMILES string of the molecule is Cc1cccc(CC(CNC(=O)c2ccc([N+](=O)[O-])s2)C(=O)O)c1. The summed E-state index contributed by atoms with van der Waals surface area (Å²) in [6, 6.07) is 10.1. The van der Waals surface area contributed by atoms with Crippen molar-refractivity contribution in [2.45, 2.75) is 13.3 Å². The zero-order valence-electron chi connectivity index (χ0n) is 12.9. The molecular weight excluding hydrogens is 332 g/mol. The number of carboxylic acids is 1. The maximum Gasteiger partial charge on any atom is 0.324 e. The monoisotopic (exact) mass is 348 g/mol. The Hall–Kier alpha value is -2.74. The number of rotatable bonds is 7. The number of aryl methyl sites for hydroxylation is 1. The Kier molecular flexibility index (Phi) is 5.64. The first kappa shape index (κ1) is 17.6. The van der Waals surface area contributed by atoms with Gasteiger partial charge >= 0.3 is 11.0 Å². The van der Waals surface area contributed by atoms with Crippen molar-refractivity contribution in [3.05, 3.63) is 62.5 Å². The molecule has 0 fully saturated rings. The molecule has 7 nitrogen and oxygen atoms in total. The van der Waals surface area contributed by atoms with Crippen LogP contribution in [0.2, 0.25) is 0 Å². The minimum absolute atomic E-state index is 0.0478. The molecule has 0 aliphatic carbocycles. The number of nitro groups is 1. The molecule has 0 saturated carbocycles. The van der Waals surface area contributed by atoms with Gasteiger partial charge in [0.25, 0.3) is 5.91 Å². The third-order valence-electron chi connectivity index (χ3n) is 3.42. The van der Waals surface area contributed by atoms with Crippen molar-refractivity contribution in [1.82, 2.24) is 5.32 Å². The fourth-order valence-electron chi connectivity index (χ4n) is 2.22. The first-order valence-electron chi connectivity index (χ1n) is 7.17. The number of hydrogen-bond donors (Lipinski definition) is 2. The summed E-state index contributed by atoms with van der Waals surface area (Å²) in [5.41, 5.74) is 1.91. The minimum Gasteiger partial charge on any atom is -0.481 e. The Bertz CT molecular complexity index is 771. The van der Waals surface area contributed by atoms with Gasteiger partial charge in [0.2, 0.25) is 0 Å². The summed E-state index contributed by atoms with van der Waals surface area (Å²) >= 11 is 0.757. The molecule has 24 heavy (non-hydrogen) atoms. The Morgan fingerprint density at radius 1 is 1.33 bits per heavy atom. The quantitative estimate of drug-likeness (QED) is 0.590. The second kappa shape index (κ2) is 7.69. The smallest absolute Gasteiger partial charge is 0.324 e.